The fraction of sp³-hybridized carbons (Fsp3) is 0.364. The average Bonchev–Trinajstić information content (AvgIpc) is 2.72. The van der Waals surface area contributed by atoms with Crippen LogP contribution in [0.2, 0.25) is 5.02 Å². The Kier molecular flexibility index (Phi) is 9.73. The highest BCUT2D eigenvalue weighted by atomic mass is 127. The third-order valence-electron chi connectivity index (χ3n) is 4.38. The number of hydrogen-bond acceptors (Lipinski definition) is 3. The molecule has 0 aromatic heterocycles. The lowest BCUT2D eigenvalue weighted by atomic mass is 10.1. The second kappa shape index (κ2) is 12.0. The number of nitrogens with one attached hydrogen (secondary N) is 1. The molecule has 1 atom stereocenters. The first-order valence-corrected chi connectivity index (χ1v) is 11.1. The number of nitrogens with zero attached hydrogens (tertiary/aromatic N) is 1. The Hall–Kier alpha value is -1.80. The van der Waals surface area contributed by atoms with Gasteiger partial charge in [0.1, 0.15) is 11.8 Å². The summed E-state index contributed by atoms with van der Waals surface area (Å²) in [6.07, 6.45) is 1.35. The van der Waals surface area contributed by atoms with Gasteiger partial charge in [-0.25, -0.2) is 0 Å². The van der Waals surface area contributed by atoms with Crippen LogP contribution in [0.4, 0.5) is 0 Å². The Morgan fingerprint density at radius 3 is 2.34 bits per heavy atom. The molecule has 0 spiro atoms. The zero-order chi connectivity index (χ0) is 21.2. The summed E-state index contributed by atoms with van der Waals surface area (Å²) in [4.78, 5) is 27.3. The van der Waals surface area contributed by atoms with Crippen molar-refractivity contribution in [3.8, 4) is 5.75 Å². The molecule has 0 saturated carbocycles. The Balaban J connectivity index is 2.16. The zero-order valence-electron chi connectivity index (χ0n) is 16.7. The molecule has 2 rings (SSSR count). The predicted molar refractivity (Wildman–Crippen MR) is 124 cm³/mol. The molecule has 0 heterocycles. The van der Waals surface area contributed by atoms with Gasteiger partial charge in [0, 0.05) is 21.7 Å². The first-order chi connectivity index (χ1) is 13.9. The smallest absolute Gasteiger partial charge is 0.261 e. The molecular weight excluding hydrogens is 503 g/mol. The summed E-state index contributed by atoms with van der Waals surface area (Å²) in [5.41, 5.74) is 0.902. The van der Waals surface area contributed by atoms with Crippen molar-refractivity contribution in [3.05, 3.63) is 62.7 Å². The second-order valence-corrected chi connectivity index (χ2v) is 8.29. The Bertz CT molecular complexity index is 797. The number of hydrogen-bond donors (Lipinski definition) is 1. The Labute approximate surface area is 190 Å². The van der Waals surface area contributed by atoms with Gasteiger partial charge in [-0.05, 0) is 77.4 Å². The highest BCUT2D eigenvalue weighted by molar-refractivity contribution is 14.1. The van der Waals surface area contributed by atoms with Gasteiger partial charge in [-0.2, -0.15) is 0 Å². The van der Waals surface area contributed by atoms with E-state index in [0.29, 0.717) is 30.3 Å². The van der Waals surface area contributed by atoms with Crippen molar-refractivity contribution in [3.63, 3.8) is 0 Å². The van der Waals surface area contributed by atoms with Crippen LogP contribution in [0.15, 0.2) is 48.5 Å². The zero-order valence-corrected chi connectivity index (χ0v) is 19.6. The van der Waals surface area contributed by atoms with Gasteiger partial charge in [0.2, 0.25) is 5.91 Å². The van der Waals surface area contributed by atoms with Gasteiger partial charge >= 0.3 is 0 Å². The summed E-state index contributed by atoms with van der Waals surface area (Å²) in [7, 11) is 0. The van der Waals surface area contributed by atoms with Crippen LogP contribution in [0.3, 0.4) is 0 Å². The van der Waals surface area contributed by atoms with Gasteiger partial charge in [-0.3, -0.25) is 9.59 Å². The number of ether oxygens (including phenoxy) is 1. The molecular formula is C22H26ClIN2O3. The molecule has 7 heteroatoms. The number of benzene rings is 2. The van der Waals surface area contributed by atoms with Crippen molar-refractivity contribution in [2.24, 2.45) is 0 Å². The van der Waals surface area contributed by atoms with E-state index in [2.05, 4.69) is 27.9 Å². The first-order valence-electron chi connectivity index (χ1n) is 9.64. The SMILES string of the molecule is CCCNC(=O)C(CC)N(Cc1ccc(Cl)cc1)C(=O)COc1ccc(I)cc1. The van der Waals surface area contributed by atoms with Crippen molar-refractivity contribution in [1.29, 1.82) is 0 Å². The Morgan fingerprint density at radius 1 is 1.10 bits per heavy atom. The van der Waals surface area contributed by atoms with Crippen LogP contribution in [-0.4, -0.2) is 35.9 Å². The molecule has 156 valence electrons. The summed E-state index contributed by atoms with van der Waals surface area (Å²) in [6, 6.07) is 14.2. The maximum absolute atomic E-state index is 13.0. The van der Waals surface area contributed by atoms with Crippen LogP contribution in [-0.2, 0) is 16.1 Å². The molecule has 0 bridgehead atoms. The third kappa shape index (κ3) is 7.51. The van der Waals surface area contributed by atoms with Crippen LogP contribution in [0.25, 0.3) is 0 Å². The van der Waals surface area contributed by atoms with Crippen LogP contribution in [0.1, 0.15) is 32.3 Å². The van der Waals surface area contributed by atoms with E-state index in [-0.39, 0.29) is 18.4 Å². The second-order valence-electron chi connectivity index (χ2n) is 6.61. The molecule has 2 amide bonds. The van der Waals surface area contributed by atoms with E-state index >= 15 is 0 Å². The molecule has 29 heavy (non-hydrogen) atoms. The molecule has 0 aliphatic heterocycles. The minimum Gasteiger partial charge on any atom is -0.484 e. The summed E-state index contributed by atoms with van der Waals surface area (Å²) >= 11 is 8.18. The van der Waals surface area contributed by atoms with E-state index < -0.39 is 6.04 Å². The van der Waals surface area contributed by atoms with E-state index in [1.54, 1.807) is 17.0 Å². The monoisotopic (exact) mass is 528 g/mol. The minimum atomic E-state index is -0.565. The lowest BCUT2D eigenvalue weighted by Gasteiger charge is -2.30. The van der Waals surface area contributed by atoms with Crippen LogP contribution >= 0.6 is 34.2 Å². The Morgan fingerprint density at radius 2 is 1.76 bits per heavy atom. The highest BCUT2D eigenvalue weighted by Crippen LogP contribution is 2.17. The molecule has 2 aromatic rings. The summed E-state index contributed by atoms with van der Waals surface area (Å²) < 4.78 is 6.76. The minimum absolute atomic E-state index is 0.133. The van der Waals surface area contributed by atoms with Gasteiger partial charge in [-0.15, -0.1) is 0 Å². The number of amides is 2. The fourth-order valence-electron chi connectivity index (χ4n) is 2.83. The molecule has 0 aliphatic rings. The van der Waals surface area contributed by atoms with Gasteiger partial charge in [0.05, 0.1) is 0 Å². The van der Waals surface area contributed by atoms with Crippen molar-refractivity contribution in [2.45, 2.75) is 39.3 Å². The third-order valence-corrected chi connectivity index (χ3v) is 5.35. The summed E-state index contributed by atoms with van der Waals surface area (Å²) in [5.74, 6) is 0.233. The molecule has 1 N–H and O–H groups in total. The van der Waals surface area contributed by atoms with Gasteiger partial charge in [0.25, 0.3) is 5.91 Å². The van der Waals surface area contributed by atoms with Crippen molar-refractivity contribution >= 4 is 46.0 Å². The van der Waals surface area contributed by atoms with E-state index in [9.17, 15) is 9.59 Å². The highest BCUT2D eigenvalue weighted by Gasteiger charge is 2.28. The number of carbonyl (C=O) groups excluding carboxylic acids is 2. The lowest BCUT2D eigenvalue weighted by Crippen LogP contribution is -2.50. The molecule has 0 saturated heterocycles. The molecule has 2 aromatic carbocycles. The largest absolute Gasteiger partial charge is 0.484 e. The van der Waals surface area contributed by atoms with E-state index in [1.807, 2.05) is 50.2 Å². The fourth-order valence-corrected chi connectivity index (χ4v) is 3.32. The van der Waals surface area contributed by atoms with Crippen LogP contribution in [0.5, 0.6) is 5.75 Å². The molecule has 1 unspecified atom stereocenters. The average molecular weight is 529 g/mol. The molecule has 5 nitrogen and oxygen atoms in total. The van der Waals surface area contributed by atoms with Crippen molar-refractivity contribution in [1.82, 2.24) is 10.2 Å². The summed E-state index contributed by atoms with van der Waals surface area (Å²) in [5, 5.41) is 3.52. The van der Waals surface area contributed by atoms with E-state index in [1.165, 1.54) is 0 Å². The molecule has 0 aliphatic carbocycles. The van der Waals surface area contributed by atoms with Crippen molar-refractivity contribution < 1.29 is 14.3 Å². The van der Waals surface area contributed by atoms with Crippen LogP contribution in [0, 0.1) is 3.57 Å². The van der Waals surface area contributed by atoms with Gasteiger partial charge < -0.3 is 15.0 Å². The number of halogens is 2. The van der Waals surface area contributed by atoms with Gasteiger partial charge in [-0.1, -0.05) is 37.6 Å². The summed E-state index contributed by atoms with van der Waals surface area (Å²) in [6.45, 7) is 4.65. The number of rotatable bonds is 10. The lowest BCUT2D eigenvalue weighted by molar-refractivity contribution is -0.143. The topological polar surface area (TPSA) is 58.6 Å². The normalized spacial score (nSPS) is 11.6. The first kappa shape index (κ1) is 23.5. The molecule has 0 radical (unpaired) electrons. The van der Waals surface area contributed by atoms with Crippen molar-refractivity contribution in [2.75, 3.05) is 13.2 Å². The van der Waals surface area contributed by atoms with Gasteiger partial charge in [0.15, 0.2) is 6.61 Å². The molecule has 0 fully saturated rings. The maximum atomic E-state index is 13.0. The number of carbonyl (C=O) groups is 2. The standard InChI is InChI=1S/C22H26ClIN2O3/c1-3-13-25-22(28)20(4-2)26(14-16-5-7-17(23)8-6-16)21(27)15-29-19-11-9-18(24)10-12-19/h5-12,20H,3-4,13-15H2,1-2H3,(H,25,28). The quantitative estimate of drug-likeness (QED) is 0.457. The van der Waals surface area contributed by atoms with E-state index in [4.69, 9.17) is 16.3 Å². The predicted octanol–water partition coefficient (Wildman–Crippen LogP) is 4.66. The van der Waals surface area contributed by atoms with Crippen LogP contribution < -0.4 is 10.1 Å². The van der Waals surface area contributed by atoms with E-state index in [0.717, 1.165) is 15.6 Å². The maximum Gasteiger partial charge on any atom is 0.261 e.